The Kier molecular flexibility index (Phi) is 4.08. The molecule has 4 aromatic rings. The fourth-order valence-electron chi connectivity index (χ4n) is 2.57. The molecule has 1 amide bonds. The van der Waals surface area contributed by atoms with Crippen molar-refractivity contribution in [3.05, 3.63) is 53.1 Å². The van der Waals surface area contributed by atoms with Crippen LogP contribution < -0.4 is 5.32 Å². The largest absolute Gasteiger partial charge is 0.440 e. The molecule has 0 atom stereocenters. The van der Waals surface area contributed by atoms with Crippen molar-refractivity contribution in [3.63, 3.8) is 0 Å². The van der Waals surface area contributed by atoms with E-state index in [0.29, 0.717) is 34.3 Å². The van der Waals surface area contributed by atoms with Gasteiger partial charge in [0.05, 0.1) is 4.88 Å². The number of carbonyl (C=O) groups excluding carboxylic acids is 1. The highest BCUT2D eigenvalue weighted by atomic mass is 32.1. The molecule has 7 heteroatoms. The normalized spacial score (nSPS) is 11.4. The van der Waals surface area contributed by atoms with Gasteiger partial charge in [-0.2, -0.15) is 0 Å². The Morgan fingerprint density at radius 3 is 2.77 bits per heavy atom. The van der Waals surface area contributed by atoms with Crippen LogP contribution in [0, 0.1) is 6.92 Å². The summed E-state index contributed by atoms with van der Waals surface area (Å²) >= 11 is 1.51. The summed E-state index contributed by atoms with van der Waals surface area (Å²) in [5.74, 6) is 1.50. The van der Waals surface area contributed by atoms with Crippen LogP contribution in [0.2, 0.25) is 0 Å². The van der Waals surface area contributed by atoms with E-state index in [0.717, 1.165) is 4.88 Å². The second-order valence-corrected chi connectivity index (χ2v) is 7.19. The first kappa shape index (κ1) is 16.5. The molecule has 0 aliphatic heterocycles. The van der Waals surface area contributed by atoms with Crippen molar-refractivity contribution >= 4 is 34.0 Å². The topological polar surface area (TPSA) is 81.2 Å². The fraction of sp³-hybridized carbons (Fsp3) is 0.211. The lowest BCUT2D eigenvalue weighted by Crippen LogP contribution is -2.13. The highest BCUT2D eigenvalue weighted by Crippen LogP contribution is 2.27. The number of fused-ring (bicyclic) bond motifs is 1. The van der Waals surface area contributed by atoms with E-state index in [-0.39, 0.29) is 17.5 Å². The quantitative estimate of drug-likeness (QED) is 0.534. The third kappa shape index (κ3) is 3.01. The van der Waals surface area contributed by atoms with Gasteiger partial charge >= 0.3 is 0 Å². The summed E-state index contributed by atoms with van der Waals surface area (Å²) in [4.78, 5) is 22.3. The first-order chi connectivity index (χ1) is 12.5. The Labute approximate surface area is 153 Å². The van der Waals surface area contributed by atoms with Crippen LogP contribution in [0.25, 0.3) is 21.9 Å². The van der Waals surface area contributed by atoms with E-state index in [4.69, 9.17) is 8.83 Å². The Morgan fingerprint density at radius 1 is 1.19 bits per heavy atom. The molecule has 1 N–H and O–H groups in total. The Balaban J connectivity index is 1.59. The van der Waals surface area contributed by atoms with Crippen LogP contribution in [0.15, 0.2) is 44.5 Å². The van der Waals surface area contributed by atoms with E-state index >= 15 is 0 Å². The van der Waals surface area contributed by atoms with Gasteiger partial charge in [-0.1, -0.05) is 19.9 Å². The first-order valence-corrected chi connectivity index (χ1v) is 9.12. The van der Waals surface area contributed by atoms with Crippen LogP contribution in [-0.4, -0.2) is 15.9 Å². The number of aromatic nitrogens is 2. The van der Waals surface area contributed by atoms with Gasteiger partial charge in [0.25, 0.3) is 5.91 Å². The number of oxazole rings is 2. The van der Waals surface area contributed by atoms with Gasteiger partial charge in [-0.25, -0.2) is 9.97 Å². The van der Waals surface area contributed by atoms with Gasteiger partial charge in [0, 0.05) is 11.6 Å². The molecule has 132 valence electrons. The Bertz CT molecular complexity index is 1080. The number of anilines is 1. The summed E-state index contributed by atoms with van der Waals surface area (Å²) < 4.78 is 11.3. The molecule has 0 saturated carbocycles. The van der Waals surface area contributed by atoms with Crippen molar-refractivity contribution in [3.8, 4) is 10.8 Å². The SMILES string of the molecule is Cc1oc(-c2cccs2)nc1C(=O)Nc1ccc2oc(C(C)C)nc2c1. The van der Waals surface area contributed by atoms with Gasteiger partial charge in [-0.05, 0) is 36.6 Å². The van der Waals surface area contributed by atoms with Gasteiger partial charge in [-0.3, -0.25) is 4.79 Å². The van der Waals surface area contributed by atoms with Crippen molar-refractivity contribution < 1.29 is 13.6 Å². The Morgan fingerprint density at radius 2 is 2.04 bits per heavy atom. The lowest BCUT2D eigenvalue weighted by Gasteiger charge is -2.02. The molecule has 6 nitrogen and oxygen atoms in total. The fourth-order valence-corrected chi connectivity index (χ4v) is 3.22. The smallest absolute Gasteiger partial charge is 0.277 e. The van der Waals surface area contributed by atoms with Gasteiger partial charge < -0.3 is 14.2 Å². The van der Waals surface area contributed by atoms with E-state index < -0.39 is 0 Å². The zero-order chi connectivity index (χ0) is 18.3. The molecule has 0 radical (unpaired) electrons. The van der Waals surface area contributed by atoms with Crippen molar-refractivity contribution in [2.45, 2.75) is 26.7 Å². The summed E-state index contributed by atoms with van der Waals surface area (Å²) in [6.07, 6.45) is 0. The maximum absolute atomic E-state index is 12.6. The number of nitrogens with zero attached hydrogens (tertiary/aromatic N) is 2. The van der Waals surface area contributed by atoms with Crippen molar-refractivity contribution in [1.82, 2.24) is 9.97 Å². The van der Waals surface area contributed by atoms with Crippen LogP contribution in [0.3, 0.4) is 0 Å². The molecule has 26 heavy (non-hydrogen) atoms. The average Bonchev–Trinajstić information content (AvgIpc) is 3.33. The second kappa shape index (κ2) is 6.42. The lowest BCUT2D eigenvalue weighted by molar-refractivity contribution is 0.102. The molecule has 0 saturated heterocycles. The zero-order valence-electron chi connectivity index (χ0n) is 14.6. The molecule has 3 heterocycles. The number of thiophene rings is 1. The zero-order valence-corrected chi connectivity index (χ0v) is 15.4. The average molecular weight is 367 g/mol. The minimum atomic E-state index is -0.319. The minimum absolute atomic E-state index is 0.203. The standard InChI is InChI=1S/C19H17N3O3S/c1-10(2)18-21-13-9-12(6-7-14(13)25-18)20-17(23)16-11(3)24-19(22-16)15-5-4-8-26-15/h4-10H,1-3H3,(H,20,23). The van der Waals surface area contributed by atoms with Crippen molar-refractivity contribution in [2.75, 3.05) is 5.32 Å². The van der Waals surface area contributed by atoms with Gasteiger partial charge in [-0.15, -0.1) is 11.3 Å². The van der Waals surface area contributed by atoms with E-state index in [1.165, 1.54) is 11.3 Å². The van der Waals surface area contributed by atoms with Crippen LogP contribution in [-0.2, 0) is 0 Å². The highest BCUT2D eigenvalue weighted by Gasteiger charge is 2.19. The third-order valence-electron chi connectivity index (χ3n) is 3.90. The van der Waals surface area contributed by atoms with Gasteiger partial charge in [0.15, 0.2) is 17.2 Å². The highest BCUT2D eigenvalue weighted by molar-refractivity contribution is 7.13. The monoisotopic (exact) mass is 367 g/mol. The number of amides is 1. The molecule has 0 fully saturated rings. The molecule has 3 aromatic heterocycles. The number of benzene rings is 1. The number of nitrogens with one attached hydrogen (secondary N) is 1. The van der Waals surface area contributed by atoms with E-state index in [1.54, 1.807) is 25.1 Å². The lowest BCUT2D eigenvalue weighted by atomic mass is 10.2. The Hall–Kier alpha value is -2.93. The maximum atomic E-state index is 12.6. The van der Waals surface area contributed by atoms with Crippen LogP contribution in [0.5, 0.6) is 0 Å². The van der Waals surface area contributed by atoms with E-state index in [9.17, 15) is 4.79 Å². The van der Waals surface area contributed by atoms with Crippen molar-refractivity contribution in [2.24, 2.45) is 0 Å². The summed E-state index contributed by atoms with van der Waals surface area (Å²) in [6.45, 7) is 5.77. The van der Waals surface area contributed by atoms with Gasteiger partial charge in [0.2, 0.25) is 5.89 Å². The summed E-state index contributed by atoms with van der Waals surface area (Å²) in [6, 6.07) is 9.19. The minimum Gasteiger partial charge on any atom is -0.440 e. The molecule has 0 unspecified atom stereocenters. The molecule has 0 bridgehead atoms. The van der Waals surface area contributed by atoms with Crippen LogP contribution in [0.4, 0.5) is 5.69 Å². The van der Waals surface area contributed by atoms with Crippen LogP contribution in [0.1, 0.15) is 41.9 Å². The predicted molar refractivity (Wildman–Crippen MR) is 101 cm³/mol. The molecule has 4 rings (SSSR count). The van der Waals surface area contributed by atoms with E-state index in [2.05, 4.69) is 15.3 Å². The van der Waals surface area contributed by atoms with Gasteiger partial charge in [0.1, 0.15) is 11.3 Å². The number of aryl methyl sites for hydroxylation is 1. The third-order valence-corrected chi connectivity index (χ3v) is 4.76. The molecule has 0 spiro atoms. The number of rotatable bonds is 4. The summed E-state index contributed by atoms with van der Waals surface area (Å²) in [5.41, 5.74) is 2.31. The predicted octanol–water partition coefficient (Wildman–Crippen LogP) is 5.23. The molecule has 1 aromatic carbocycles. The van der Waals surface area contributed by atoms with Crippen molar-refractivity contribution in [1.29, 1.82) is 0 Å². The summed E-state index contributed by atoms with van der Waals surface area (Å²) in [5, 5.41) is 4.79. The first-order valence-electron chi connectivity index (χ1n) is 8.24. The number of hydrogen-bond acceptors (Lipinski definition) is 6. The second-order valence-electron chi connectivity index (χ2n) is 6.24. The number of carbonyl (C=O) groups is 1. The van der Waals surface area contributed by atoms with E-state index in [1.807, 2.05) is 31.4 Å². The summed E-state index contributed by atoms with van der Waals surface area (Å²) in [7, 11) is 0. The molecular formula is C19H17N3O3S. The maximum Gasteiger partial charge on any atom is 0.277 e. The number of hydrogen-bond donors (Lipinski definition) is 1. The van der Waals surface area contributed by atoms with Crippen LogP contribution >= 0.6 is 11.3 Å². The molecule has 0 aliphatic rings. The molecular weight excluding hydrogens is 350 g/mol. The molecule has 0 aliphatic carbocycles.